The maximum atomic E-state index is 11.7. The quantitative estimate of drug-likeness (QED) is 0.834. The Labute approximate surface area is 109 Å². The van der Waals surface area contributed by atoms with Crippen molar-refractivity contribution in [3.05, 3.63) is 0 Å². The van der Waals surface area contributed by atoms with Crippen molar-refractivity contribution in [2.75, 3.05) is 26.7 Å². The van der Waals surface area contributed by atoms with Crippen molar-refractivity contribution < 1.29 is 14.6 Å². The Morgan fingerprint density at radius 2 is 2.28 bits per heavy atom. The van der Waals surface area contributed by atoms with Gasteiger partial charge in [0.2, 0.25) is 0 Å². The van der Waals surface area contributed by atoms with Crippen molar-refractivity contribution in [1.82, 2.24) is 4.90 Å². The van der Waals surface area contributed by atoms with Crippen LogP contribution in [0, 0.1) is 11.3 Å². The van der Waals surface area contributed by atoms with Gasteiger partial charge in [0.1, 0.15) is 0 Å². The third-order valence-corrected chi connectivity index (χ3v) is 4.63. The van der Waals surface area contributed by atoms with Gasteiger partial charge in [0.25, 0.3) is 0 Å². The third kappa shape index (κ3) is 2.86. The smallest absolute Gasteiger partial charge is 0.310 e. The Morgan fingerprint density at radius 3 is 2.83 bits per heavy atom. The lowest BCUT2D eigenvalue weighted by molar-refractivity contribution is -0.153. The molecule has 1 N–H and O–H groups in total. The highest BCUT2D eigenvalue weighted by atomic mass is 16.5. The van der Waals surface area contributed by atoms with Crippen LogP contribution in [0.25, 0.3) is 0 Å². The number of rotatable bonds is 4. The van der Waals surface area contributed by atoms with Gasteiger partial charge in [-0.05, 0) is 25.2 Å². The van der Waals surface area contributed by atoms with E-state index in [1.54, 1.807) is 7.11 Å². The van der Waals surface area contributed by atoms with Crippen LogP contribution in [-0.4, -0.2) is 48.8 Å². The zero-order valence-corrected chi connectivity index (χ0v) is 11.5. The zero-order chi connectivity index (χ0) is 13.2. The van der Waals surface area contributed by atoms with Crippen molar-refractivity contribution in [3.8, 4) is 0 Å². The molecule has 0 aromatic carbocycles. The number of aliphatic carboxylic acids is 1. The average Bonchev–Trinajstić information content (AvgIpc) is 2.76. The number of ether oxygens (including phenoxy) is 1. The van der Waals surface area contributed by atoms with E-state index in [1.807, 2.05) is 0 Å². The van der Waals surface area contributed by atoms with Gasteiger partial charge in [0.15, 0.2) is 0 Å². The van der Waals surface area contributed by atoms with Gasteiger partial charge in [0.05, 0.1) is 11.5 Å². The molecule has 0 radical (unpaired) electrons. The molecule has 0 aromatic rings. The van der Waals surface area contributed by atoms with Crippen LogP contribution in [0.4, 0.5) is 0 Å². The Balaban J connectivity index is 2.00. The summed E-state index contributed by atoms with van der Waals surface area (Å²) in [6.45, 7) is 4.74. The minimum Gasteiger partial charge on any atom is -0.481 e. The van der Waals surface area contributed by atoms with E-state index in [4.69, 9.17) is 4.74 Å². The first-order valence-corrected chi connectivity index (χ1v) is 7.04. The predicted octanol–water partition coefficient (Wildman–Crippen LogP) is 1.99. The first kappa shape index (κ1) is 13.8. The van der Waals surface area contributed by atoms with E-state index in [9.17, 15) is 9.90 Å². The normalized spacial score (nSPS) is 37.9. The largest absolute Gasteiger partial charge is 0.481 e. The zero-order valence-electron chi connectivity index (χ0n) is 11.5. The number of carboxylic acid groups (broad SMARTS) is 1. The molecule has 3 atom stereocenters. The summed E-state index contributed by atoms with van der Waals surface area (Å²) >= 11 is 0. The van der Waals surface area contributed by atoms with Gasteiger partial charge in [0, 0.05) is 26.7 Å². The van der Waals surface area contributed by atoms with Crippen molar-refractivity contribution in [3.63, 3.8) is 0 Å². The van der Waals surface area contributed by atoms with Gasteiger partial charge in [-0.1, -0.05) is 19.8 Å². The van der Waals surface area contributed by atoms with Gasteiger partial charge in [-0.3, -0.25) is 9.69 Å². The average molecular weight is 255 g/mol. The number of likely N-dealkylation sites (tertiary alicyclic amines) is 1. The van der Waals surface area contributed by atoms with Gasteiger partial charge >= 0.3 is 5.97 Å². The van der Waals surface area contributed by atoms with Crippen LogP contribution in [0.15, 0.2) is 0 Å². The van der Waals surface area contributed by atoms with Gasteiger partial charge in [-0.15, -0.1) is 0 Å². The van der Waals surface area contributed by atoms with Crippen LogP contribution in [0.5, 0.6) is 0 Å². The second kappa shape index (κ2) is 5.57. The van der Waals surface area contributed by atoms with Gasteiger partial charge in [-0.2, -0.15) is 0 Å². The maximum absolute atomic E-state index is 11.7. The first-order valence-electron chi connectivity index (χ1n) is 7.04. The summed E-state index contributed by atoms with van der Waals surface area (Å²) in [5.41, 5.74) is -0.514. The molecular weight excluding hydrogens is 230 g/mol. The molecule has 0 aromatic heterocycles. The second-order valence-electron chi connectivity index (χ2n) is 6.17. The molecular formula is C14H25NO3. The summed E-state index contributed by atoms with van der Waals surface area (Å²) in [7, 11) is 1.74. The highest BCUT2D eigenvalue weighted by molar-refractivity contribution is 5.75. The van der Waals surface area contributed by atoms with E-state index >= 15 is 0 Å². The minimum absolute atomic E-state index is 0.289. The minimum atomic E-state index is -0.602. The molecule has 2 aliphatic rings. The number of nitrogens with zero attached hydrogens (tertiary/aromatic N) is 1. The number of methoxy groups -OCH3 is 1. The molecule has 3 unspecified atom stereocenters. The van der Waals surface area contributed by atoms with Gasteiger partial charge in [-0.25, -0.2) is 0 Å². The lowest BCUT2D eigenvalue weighted by Gasteiger charge is -2.39. The molecule has 0 spiro atoms. The van der Waals surface area contributed by atoms with Crippen LogP contribution < -0.4 is 0 Å². The molecule has 1 saturated heterocycles. The maximum Gasteiger partial charge on any atom is 0.310 e. The van der Waals surface area contributed by atoms with E-state index in [0.29, 0.717) is 12.5 Å². The Hall–Kier alpha value is -0.610. The topological polar surface area (TPSA) is 49.8 Å². The molecule has 18 heavy (non-hydrogen) atoms. The van der Waals surface area contributed by atoms with Crippen molar-refractivity contribution >= 4 is 5.97 Å². The van der Waals surface area contributed by atoms with Crippen molar-refractivity contribution in [2.24, 2.45) is 11.3 Å². The Bertz CT molecular complexity index is 307. The Kier molecular flexibility index (Phi) is 4.28. The van der Waals surface area contributed by atoms with E-state index < -0.39 is 11.4 Å². The number of carbonyl (C=O) groups is 1. The standard InChI is InChI=1S/C14H25NO3/c1-11-4-3-6-14(8-11,13(16)17)10-15-7-5-12(9-15)18-2/h11-12H,3-10H2,1-2H3,(H,16,17). The lowest BCUT2D eigenvalue weighted by atomic mass is 9.69. The molecule has 2 fully saturated rings. The summed E-state index contributed by atoms with van der Waals surface area (Å²) in [6.07, 6.45) is 5.21. The van der Waals surface area contributed by atoms with E-state index in [2.05, 4.69) is 11.8 Å². The fraction of sp³-hybridized carbons (Fsp3) is 0.929. The lowest BCUT2D eigenvalue weighted by Crippen LogP contribution is -2.45. The van der Waals surface area contributed by atoms with Crippen LogP contribution in [0.1, 0.15) is 39.0 Å². The summed E-state index contributed by atoms with van der Waals surface area (Å²) in [6, 6.07) is 0. The number of carboxylic acids is 1. The number of hydrogen-bond acceptors (Lipinski definition) is 3. The van der Waals surface area contributed by atoms with E-state index in [-0.39, 0.29) is 6.10 Å². The molecule has 4 nitrogen and oxygen atoms in total. The third-order valence-electron chi connectivity index (χ3n) is 4.63. The summed E-state index contributed by atoms with van der Waals surface area (Å²) < 4.78 is 5.36. The summed E-state index contributed by atoms with van der Waals surface area (Å²) in [5.74, 6) is -0.0643. The van der Waals surface area contributed by atoms with Crippen LogP contribution in [0.3, 0.4) is 0 Å². The molecule has 1 aliphatic carbocycles. The predicted molar refractivity (Wildman–Crippen MR) is 69.6 cm³/mol. The van der Waals surface area contributed by atoms with Crippen LogP contribution in [-0.2, 0) is 9.53 Å². The van der Waals surface area contributed by atoms with Crippen LogP contribution in [0.2, 0.25) is 0 Å². The molecule has 1 aliphatic heterocycles. The van der Waals surface area contributed by atoms with Crippen molar-refractivity contribution in [1.29, 1.82) is 0 Å². The summed E-state index contributed by atoms with van der Waals surface area (Å²) in [5, 5.41) is 9.63. The molecule has 0 bridgehead atoms. The highest BCUT2D eigenvalue weighted by Crippen LogP contribution is 2.40. The molecule has 0 amide bonds. The highest BCUT2D eigenvalue weighted by Gasteiger charge is 2.44. The van der Waals surface area contributed by atoms with Crippen LogP contribution >= 0.6 is 0 Å². The Morgan fingerprint density at radius 1 is 1.50 bits per heavy atom. The molecule has 1 saturated carbocycles. The second-order valence-corrected chi connectivity index (χ2v) is 6.17. The fourth-order valence-corrected chi connectivity index (χ4v) is 3.63. The monoisotopic (exact) mass is 255 g/mol. The molecule has 1 heterocycles. The van der Waals surface area contributed by atoms with E-state index in [1.165, 1.54) is 6.42 Å². The summed E-state index contributed by atoms with van der Waals surface area (Å²) in [4.78, 5) is 14.0. The fourth-order valence-electron chi connectivity index (χ4n) is 3.63. The first-order chi connectivity index (χ1) is 8.55. The molecule has 4 heteroatoms. The molecule has 104 valence electrons. The SMILES string of the molecule is COC1CCN(CC2(C(=O)O)CCCC(C)C2)C1. The van der Waals surface area contributed by atoms with Gasteiger partial charge < -0.3 is 9.84 Å². The van der Waals surface area contributed by atoms with Crippen molar-refractivity contribution in [2.45, 2.75) is 45.1 Å². The van der Waals surface area contributed by atoms with E-state index in [0.717, 1.165) is 38.8 Å². The number of hydrogen-bond donors (Lipinski definition) is 1. The molecule has 2 rings (SSSR count).